The first-order valence-electron chi connectivity index (χ1n) is 7.56. The van der Waals surface area contributed by atoms with Crippen LogP contribution in [0.3, 0.4) is 0 Å². The Balaban J connectivity index is 2.03. The molecule has 1 aliphatic heterocycles. The molecule has 1 aliphatic rings. The second-order valence-electron chi connectivity index (χ2n) is 6.70. The molecular formula is C17H20N2O4. The first-order chi connectivity index (χ1) is 10.8. The Labute approximate surface area is 133 Å². The zero-order valence-corrected chi connectivity index (χ0v) is 13.4. The number of hydrogen-bond acceptors (Lipinski definition) is 4. The molecule has 122 valence electrons. The smallest absolute Gasteiger partial charge is 0.408 e. The van der Waals surface area contributed by atoms with Gasteiger partial charge in [0.25, 0.3) is 5.56 Å². The number of amides is 1. The lowest BCUT2D eigenvalue weighted by atomic mass is 10.0. The number of aliphatic hydroxyl groups is 1. The van der Waals surface area contributed by atoms with Gasteiger partial charge in [-0.25, -0.2) is 4.79 Å². The number of nitrogens with zero attached hydrogens (tertiary/aromatic N) is 1. The average Bonchev–Trinajstić information content (AvgIpc) is 2.77. The van der Waals surface area contributed by atoms with E-state index in [0.29, 0.717) is 0 Å². The topological polar surface area (TPSA) is 80.6 Å². The van der Waals surface area contributed by atoms with Crippen LogP contribution in [0, 0.1) is 0 Å². The van der Waals surface area contributed by atoms with Crippen molar-refractivity contribution >= 4 is 17.0 Å². The maximum Gasteiger partial charge on any atom is 0.408 e. The quantitative estimate of drug-likeness (QED) is 0.889. The van der Waals surface area contributed by atoms with Gasteiger partial charge >= 0.3 is 6.09 Å². The van der Waals surface area contributed by atoms with Crippen molar-refractivity contribution in [3.63, 3.8) is 0 Å². The highest BCUT2D eigenvalue weighted by Gasteiger charge is 2.36. The molecule has 0 spiro atoms. The minimum Gasteiger partial charge on any atom is -0.444 e. The van der Waals surface area contributed by atoms with Gasteiger partial charge in [0.15, 0.2) is 0 Å². The Kier molecular flexibility index (Phi) is 3.64. The number of carbonyl (C=O) groups is 1. The van der Waals surface area contributed by atoms with Crippen LogP contribution in [0.4, 0.5) is 4.79 Å². The number of ether oxygens (including phenoxy) is 1. The molecule has 3 rings (SSSR count). The second-order valence-corrected chi connectivity index (χ2v) is 6.70. The number of rotatable bonds is 2. The van der Waals surface area contributed by atoms with Crippen LogP contribution in [-0.2, 0) is 4.74 Å². The molecule has 0 radical (unpaired) electrons. The lowest BCUT2D eigenvalue weighted by Crippen LogP contribution is -2.38. The van der Waals surface area contributed by atoms with Crippen molar-refractivity contribution in [1.82, 2.24) is 9.88 Å². The lowest BCUT2D eigenvalue weighted by molar-refractivity contribution is 0.0479. The summed E-state index contributed by atoms with van der Waals surface area (Å²) < 4.78 is 6.85. The van der Waals surface area contributed by atoms with Crippen LogP contribution >= 0.6 is 0 Å². The van der Waals surface area contributed by atoms with Gasteiger partial charge in [-0.1, -0.05) is 18.2 Å². The van der Waals surface area contributed by atoms with E-state index in [1.54, 1.807) is 31.4 Å². The summed E-state index contributed by atoms with van der Waals surface area (Å²) in [5, 5.41) is 13.5. The van der Waals surface area contributed by atoms with E-state index in [9.17, 15) is 14.7 Å². The van der Waals surface area contributed by atoms with E-state index in [1.807, 2.05) is 18.2 Å². The van der Waals surface area contributed by atoms with Crippen LogP contribution in [0.15, 0.2) is 35.1 Å². The molecule has 23 heavy (non-hydrogen) atoms. The Morgan fingerprint density at radius 3 is 2.70 bits per heavy atom. The van der Waals surface area contributed by atoms with Crippen molar-refractivity contribution in [1.29, 1.82) is 0 Å². The highest BCUT2D eigenvalue weighted by Crippen LogP contribution is 2.38. The van der Waals surface area contributed by atoms with Crippen molar-refractivity contribution in [3.05, 3.63) is 46.2 Å². The Bertz CT molecular complexity index is 819. The number of benzene rings is 1. The molecule has 1 aromatic heterocycles. The van der Waals surface area contributed by atoms with Crippen molar-refractivity contribution in [3.8, 4) is 0 Å². The molecule has 1 aromatic carbocycles. The van der Waals surface area contributed by atoms with Gasteiger partial charge in [-0.2, -0.15) is 0 Å². The molecule has 0 saturated heterocycles. The first-order valence-corrected chi connectivity index (χ1v) is 7.56. The third kappa shape index (κ3) is 2.70. The summed E-state index contributed by atoms with van der Waals surface area (Å²) in [6.45, 7) is 5.09. The molecule has 2 aromatic rings. The van der Waals surface area contributed by atoms with Gasteiger partial charge in [-0.15, -0.1) is 0 Å². The Morgan fingerprint density at radius 1 is 1.30 bits per heavy atom. The van der Waals surface area contributed by atoms with Crippen LogP contribution < -0.4 is 10.9 Å². The summed E-state index contributed by atoms with van der Waals surface area (Å²) in [4.78, 5) is 24.4. The van der Waals surface area contributed by atoms with Gasteiger partial charge in [-0.3, -0.25) is 4.79 Å². The fourth-order valence-corrected chi connectivity index (χ4v) is 3.08. The van der Waals surface area contributed by atoms with Gasteiger partial charge in [0.2, 0.25) is 0 Å². The molecule has 2 heterocycles. The normalized spacial score (nSPS) is 19.8. The molecule has 2 atom stereocenters. The second kappa shape index (κ2) is 5.38. The molecule has 1 amide bonds. The van der Waals surface area contributed by atoms with Crippen molar-refractivity contribution in [2.75, 3.05) is 6.61 Å². The summed E-state index contributed by atoms with van der Waals surface area (Å²) in [6, 6.07) is 7.81. The van der Waals surface area contributed by atoms with E-state index in [4.69, 9.17) is 4.74 Å². The number of carbonyl (C=O) groups excluding carboxylic acids is 1. The first kappa shape index (κ1) is 15.6. The van der Waals surface area contributed by atoms with Crippen LogP contribution in [0.1, 0.15) is 38.4 Å². The number of para-hydroxylation sites is 1. The Morgan fingerprint density at radius 2 is 2.04 bits per heavy atom. The van der Waals surface area contributed by atoms with Gasteiger partial charge in [0.05, 0.1) is 24.2 Å². The predicted molar refractivity (Wildman–Crippen MR) is 86.4 cm³/mol. The van der Waals surface area contributed by atoms with Crippen LogP contribution in [0.2, 0.25) is 0 Å². The highest BCUT2D eigenvalue weighted by molar-refractivity contribution is 5.85. The summed E-state index contributed by atoms with van der Waals surface area (Å²) >= 11 is 0. The molecule has 6 nitrogen and oxygen atoms in total. The fraction of sp³-hybridized carbons (Fsp3) is 0.412. The average molecular weight is 316 g/mol. The molecule has 2 N–H and O–H groups in total. The maximum absolute atomic E-state index is 12.2. The SMILES string of the molecule is CC(C)(C)OC(=O)NC1c2cccc3ccc(=O)n(c23)C1CO. The molecule has 2 unspecified atom stereocenters. The summed E-state index contributed by atoms with van der Waals surface area (Å²) in [5.74, 6) is 0. The van der Waals surface area contributed by atoms with Crippen LogP contribution in [0.5, 0.6) is 0 Å². The molecule has 0 aliphatic carbocycles. The number of pyridine rings is 1. The Hall–Kier alpha value is -2.34. The van der Waals surface area contributed by atoms with Crippen molar-refractivity contribution < 1.29 is 14.6 Å². The van der Waals surface area contributed by atoms with E-state index in [1.165, 1.54) is 6.07 Å². The zero-order valence-electron chi connectivity index (χ0n) is 13.4. The summed E-state index contributed by atoms with van der Waals surface area (Å²) in [7, 11) is 0. The maximum atomic E-state index is 12.2. The molecular weight excluding hydrogens is 296 g/mol. The molecule has 0 saturated carbocycles. The summed E-state index contributed by atoms with van der Waals surface area (Å²) in [5.41, 5.74) is 0.746. The predicted octanol–water partition coefficient (Wildman–Crippen LogP) is 2.11. The van der Waals surface area contributed by atoms with E-state index < -0.39 is 23.8 Å². The van der Waals surface area contributed by atoms with Crippen LogP contribution in [0.25, 0.3) is 10.9 Å². The highest BCUT2D eigenvalue weighted by atomic mass is 16.6. The minimum absolute atomic E-state index is 0.197. The van der Waals surface area contributed by atoms with Gasteiger partial charge in [-0.05, 0) is 32.2 Å². The monoisotopic (exact) mass is 316 g/mol. The summed E-state index contributed by atoms with van der Waals surface area (Å²) in [6.07, 6.45) is -0.571. The van der Waals surface area contributed by atoms with E-state index in [-0.39, 0.29) is 12.2 Å². The minimum atomic E-state index is -0.618. The molecule has 6 heteroatoms. The van der Waals surface area contributed by atoms with Crippen LogP contribution in [-0.4, -0.2) is 28.0 Å². The van der Waals surface area contributed by atoms with Gasteiger partial charge < -0.3 is 19.7 Å². The van der Waals surface area contributed by atoms with Gasteiger partial charge in [0, 0.05) is 11.6 Å². The van der Waals surface area contributed by atoms with E-state index >= 15 is 0 Å². The fourth-order valence-electron chi connectivity index (χ4n) is 3.08. The molecule has 0 bridgehead atoms. The third-order valence-electron chi connectivity index (χ3n) is 3.89. The van der Waals surface area contributed by atoms with Crippen molar-refractivity contribution in [2.45, 2.75) is 38.5 Å². The number of aliphatic hydroxyl groups excluding tert-OH is 1. The number of alkyl carbamates (subject to hydrolysis) is 1. The standard InChI is InChI=1S/C17H20N2O4/c1-17(2,3)23-16(22)18-14-11-6-4-5-10-7-8-13(21)19(15(10)11)12(14)9-20/h4-8,12,14,20H,9H2,1-3H3,(H,18,22). The lowest BCUT2D eigenvalue weighted by Gasteiger charge is -2.25. The van der Waals surface area contributed by atoms with E-state index in [2.05, 4.69) is 5.32 Å². The van der Waals surface area contributed by atoms with Gasteiger partial charge in [0.1, 0.15) is 5.60 Å². The van der Waals surface area contributed by atoms with E-state index in [0.717, 1.165) is 16.5 Å². The third-order valence-corrected chi connectivity index (χ3v) is 3.89. The zero-order chi connectivity index (χ0) is 16.8. The van der Waals surface area contributed by atoms with Crippen molar-refractivity contribution in [2.24, 2.45) is 0 Å². The number of nitrogens with one attached hydrogen (secondary N) is 1. The number of hydrogen-bond donors (Lipinski definition) is 2. The largest absolute Gasteiger partial charge is 0.444 e. The molecule has 0 fully saturated rings. The number of aromatic nitrogens is 1.